The van der Waals surface area contributed by atoms with Crippen LogP contribution in [-0.4, -0.2) is 47.5 Å². The van der Waals surface area contributed by atoms with Crippen LogP contribution in [0.1, 0.15) is 96.6 Å². The van der Waals surface area contributed by atoms with Crippen LogP contribution >= 0.6 is 0 Å². The number of aliphatic hydroxyl groups excluding tert-OH is 1. The number of hydrogen-bond donors (Lipinski definition) is 2. The number of amides is 1. The van der Waals surface area contributed by atoms with Gasteiger partial charge < -0.3 is 19.9 Å². The molecule has 4 aliphatic rings. The average Bonchev–Trinajstić information content (AvgIpc) is 3.31. The van der Waals surface area contributed by atoms with Crippen LogP contribution in [0.5, 0.6) is 0 Å². The highest BCUT2D eigenvalue weighted by molar-refractivity contribution is 5.91. The van der Waals surface area contributed by atoms with Gasteiger partial charge in [-0.05, 0) is 86.7 Å². The quantitative estimate of drug-likeness (QED) is 0.396. The van der Waals surface area contributed by atoms with Gasteiger partial charge in [0.05, 0.1) is 13.0 Å². The minimum atomic E-state index is -1.28. The highest BCUT2D eigenvalue weighted by Gasteiger charge is 2.60. The molecule has 1 aromatic carbocycles. The first-order chi connectivity index (χ1) is 20.1. The molecule has 228 valence electrons. The number of allylic oxidation sites excluding steroid dienone is 1. The zero-order valence-corrected chi connectivity index (χ0v) is 25.1. The summed E-state index contributed by atoms with van der Waals surface area (Å²) < 4.78 is 11.1. The van der Waals surface area contributed by atoms with E-state index in [1.54, 1.807) is 37.3 Å². The predicted molar refractivity (Wildman–Crippen MR) is 156 cm³/mol. The van der Waals surface area contributed by atoms with Crippen molar-refractivity contribution in [3.63, 3.8) is 0 Å². The number of carbonyl (C=O) groups excluding carboxylic acids is 4. The number of carbonyl (C=O) groups is 4. The minimum absolute atomic E-state index is 0.0874. The summed E-state index contributed by atoms with van der Waals surface area (Å²) in [7, 11) is 0. The third-order valence-corrected chi connectivity index (χ3v) is 11.0. The summed E-state index contributed by atoms with van der Waals surface area (Å²) in [4.78, 5) is 50.4. The summed E-state index contributed by atoms with van der Waals surface area (Å²) in [6, 6.07) is 7.32. The molecule has 0 bridgehead atoms. The van der Waals surface area contributed by atoms with Gasteiger partial charge in [0.25, 0.3) is 0 Å². The van der Waals surface area contributed by atoms with E-state index in [0.717, 1.165) is 44.9 Å². The van der Waals surface area contributed by atoms with Crippen molar-refractivity contribution in [1.29, 1.82) is 0 Å². The zero-order chi connectivity index (χ0) is 30.1. The molecule has 3 saturated carbocycles. The fraction of sp³-hybridized carbons (Fsp3) is 0.647. The third kappa shape index (κ3) is 5.79. The Hall–Kier alpha value is -3.00. The number of esters is 2. The van der Waals surface area contributed by atoms with E-state index in [1.165, 1.54) is 5.57 Å². The molecule has 5 rings (SSSR count). The van der Waals surface area contributed by atoms with Crippen molar-refractivity contribution < 1.29 is 33.8 Å². The van der Waals surface area contributed by atoms with Crippen LogP contribution < -0.4 is 5.32 Å². The molecule has 0 aliphatic heterocycles. The first kappa shape index (κ1) is 30.5. The molecule has 2 N–H and O–H groups in total. The average molecular weight is 580 g/mol. The summed E-state index contributed by atoms with van der Waals surface area (Å²) >= 11 is 0. The Morgan fingerprint density at radius 2 is 1.76 bits per heavy atom. The number of nitrogens with one attached hydrogen (secondary N) is 1. The van der Waals surface area contributed by atoms with Crippen LogP contribution in [0.2, 0.25) is 0 Å². The number of hydrogen-bond acceptors (Lipinski definition) is 7. The first-order valence-electron chi connectivity index (χ1n) is 15.7. The molecule has 0 radical (unpaired) electrons. The van der Waals surface area contributed by atoms with Gasteiger partial charge in [0.15, 0.2) is 11.8 Å². The van der Waals surface area contributed by atoms with Crippen LogP contribution in [-0.2, 0) is 28.7 Å². The molecular weight excluding hydrogens is 534 g/mol. The molecule has 0 heterocycles. The number of rotatable bonds is 9. The highest BCUT2D eigenvalue weighted by atomic mass is 16.5. The summed E-state index contributed by atoms with van der Waals surface area (Å²) in [6.45, 7) is 6.41. The number of ether oxygens (including phenoxy) is 2. The Morgan fingerprint density at radius 1 is 1.00 bits per heavy atom. The van der Waals surface area contributed by atoms with Gasteiger partial charge in [-0.25, -0.2) is 4.79 Å². The summed E-state index contributed by atoms with van der Waals surface area (Å²) in [6.07, 6.45) is 7.81. The first-order valence-corrected chi connectivity index (χ1v) is 15.7. The van der Waals surface area contributed by atoms with Gasteiger partial charge in [-0.1, -0.05) is 49.8 Å². The van der Waals surface area contributed by atoms with Crippen molar-refractivity contribution in [2.45, 2.75) is 103 Å². The van der Waals surface area contributed by atoms with Crippen molar-refractivity contribution in [1.82, 2.24) is 5.32 Å². The molecule has 8 atom stereocenters. The smallest absolute Gasteiger partial charge is 0.331 e. The van der Waals surface area contributed by atoms with Crippen molar-refractivity contribution in [3.8, 4) is 0 Å². The van der Waals surface area contributed by atoms with Gasteiger partial charge >= 0.3 is 11.9 Å². The topological polar surface area (TPSA) is 119 Å². The lowest BCUT2D eigenvalue weighted by Crippen LogP contribution is -2.51. The zero-order valence-electron chi connectivity index (χ0n) is 25.1. The number of aliphatic hydroxyl groups is 1. The Labute approximate surface area is 248 Å². The van der Waals surface area contributed by atoms with Gasteiger partial charge in [-0.15, -0.1) is 0 Å². The molecule has 8 nitrogen and oxygen atoms in total. The molecule has 0 spiro atoms. The number of ketones is 1. The molecule has 0 unspecified atom stereocenters. The second-order valence-corrected chi connectivity index (χ2v) is 13.2. The van der Waals surface area contributed by atoms with Crippen molar-refractivity contribution in [2.75, 3.05) is 6.61 Å². The normalized spacial score (nSPS) is 33.2. The van der Waals surface area contributed by atoms with E-state index in [9.17, 15) is 24.3 Å². The van der Waals surface area contributed by atoms with Gasteiger partial charge in [-0.3, -0.25) is 14.4 Å². The maximum Gasteiger partial charge on any atom is 0.331 e. The monoisotopic (exact) mass is 579 g/mol. The molecule has 4 aliphatic carbocycles. The van der Waals surface area contributed by atoms with Gasteiger partial charge in [0.1, 0.15) is 12.2 Å². The molecule has 1 aromatic rings. The fourth-order valence-corrected chi connectivity index (χ4v) is 8.73. The maximum atomic E-state index is 13.0. The third-order valence-electron chi connectivity index (χ3n) is 11.0. The van der Waals surface area contributed by atoms with E-state index in [2.05, 4.69) is 19.2 Å². The minimum Gasteiger partial charge on any atom is -0.464 e. The van der Waals surface area contributed by atoms with Gasteiger partial charge in [0, 0.05) is 18.3 Å². The Bertz CT molecular complexity index is 1230. The number of fused-ring (bicyclic) bond motifs is 5. The number of benzene rings is 1. The van der Waals surface area contributed by atoms with Crippen molar-refractivity contribution >= 4 is 23.6 Å². The molecule has 0 saturated heterocycles. The fourth-order valence-electron chi connectivity index (χ4n) is 8.73. The SMILES string of the molecule is CCOC(=O)[C@@H](NC(=O)CCC(=O)O[C@H]1CC[C@@H]2[C@@H]3CCC4=CC(=O)CC[C@]4(C)[C@@H]3CC[C@]12C)[C@H](O)c1ccccc1. The van der Waals surface area contributed by atoms with Gasteiger partial charge in [0.2, 0.25) is 5.91 Å². The van der Waals surface area contributed by atoms with E-state index in [-0.39, 0.29) is 42.2 Å². The molecule has 3 fully saturated rings. The lowest BCUT2D eigenvalue weighted by Gasteiger charge is -2.57. The molecule has 8 heteroatoms. The lowest BCUT2D eigenvalue weighted by molar-refractivity contribution is -0.160. The highest BCUT2D eigenvalue weighted by Crippen LogP contribution is 2.65. The Morgan fingerprint density at radius 3 is 2.50 bits per heavy atom. The van der Waals surface area contributed by atoms with Gasteiger partial charge in [-0.2, -0.15) is 0 Å². The van der Waals surface area contributed by atoms with E-state index < -0.39 is 30.0 Å². The van der Waals surface area contributed by atoms with Crippen molar-refractivity contribution in [2.24, 2.45) is 28.6 Å². The summed E-state index contributed by atoms with van der Waals surface area (Å²) in [5, 5.41) is 13.3. The standard InChI is InChI=1S/C34H45NO7/c1-4-41-32(40)30(31(39)21-8-6-5-7-9-21)35-28(37)14-15-29(38)42-27-13-12-25-24-11-10-22-20-23(36)16-18-33(22,2)26(24)17-19-34(25,27)3/h5-9,20,24-27,30-31,39H,4,10-19H2,1-3H3,(H,35,37)/t24-,25+,26+,27-,30-,31+,33-,34-/m0/s1. The second kappa shape index (κ2) is 12.3. The summed E-state index contributed by atoms with van der Waals surface area (Å²) in [5.41, 5.74) is 1.85. The van der Waals surface area contributed by atoms with E-state index >= 15 is 0 Å². The van der Waals surface area contributed by atoms with E-state index in [0.29, 0.717) is 29.7 Å². The van der Waals surface area contributed by atoms with E-state index in [4.69, 9.17) is 9.47 Å². The van der Waals surface area contributed by atoms with Crippen LogP contribution in [0.4, 0.5) is 0 Å². The van der Waals surface area contributed by atoms with E-state index in [1.807, 2.05) is 6.08 Å². The maximum absolute atomic E-state index is 13.0. The van der Waals surface area contributed by atoms with Crippen LogP contribution in [0.15, 0.2) is 42.0 Å². The molecule has 42 heavy (non-hydrogen) atoms. The predicted octanol–water partition coefficient (Wildman–Crippen LogP) is 4.99. The molecular formula is C34H45NO7. The summed E-state index contributed by atoms with van der Waals surface area (Å²) in [5.74, 6) is 0.225. The molecule has 1 amide bonds. The van der Waals surface area contributed by atoms with Crippen LogP contribution in [0, 0.1) is 28.6 Å². The lowest BCUT2D eigenvalue weighted by atomic mass is 9.47. The Kier molecular flexibility index (Phi) is 8.93. The van der Waals surface area contributed by atoms with Crippen LogP contribution in [0.3, 0.4) is 0 Å². The Balaban J connectivity index is 1.17. The van der Waals surface area contributed by atoms with Crippen LogP contribution in [0.25, 0.3) is 0 Å². The van der Waals surface area contributed by atoms with Crippen molar-refractivity contribution in [3.05, 3.63) is 47.5 Å². The largest absolute Gasteiger partial charge is 0.464 e. The molecule has 0 aromatic heterocycles. The second-order valence-electron chi connectivity index (χ2n) is 13.2.